The second-order valence-corrected chi connectivity index (χ2v) is 8.14. The fourth-order valence-electron chi connectivity index (χ4n) is 3.90. The second-order valence-electron chi connectivity index (χ2n) is 8.14. The lowest BCUT2D eigenvalue weighted by Gasteiger charge is -2.35. The Balaban J connectivity index is 1.10. The maximum absolute atomic E-state index is 12.6. The van der Waals surface area contributed by atoms with Gasteiger partial charge in [-0.3, -0.25) is 4.79 Å². The van der Waals surface area contributed by atoms with E-state index in [1.807, 2.05) is 47.4 Å². The molecule has 3 aromatic rings. The summed E-state index contributed by atoms with van der Waals surface area (Å²) >= 11 is 0. The van der Waals surface area contributed by atoms with Crippen LogP contribution in [0.4, 0.5) is 5.82 Å². The molecule has 2 fully saturated rings. The average molecular weight is 415 g/mol. The number of piperazine rings is 1. The predicted octanol–water partition coefficient (Wildman–Crippen LogP) is 3.75. The van der Waals surface area contributed by atoms with Crippen molar-refractivity contribution in [1.29, 1.82) is 0 Å². The number of hydrogen-bond donors (Lipinski definition) is 0. The first-order valence-corrected chi connectivity index (χ1v) is 10.9. The predicted molar refractivity (Wildman–Crippen MR) is 120 cm³/mol. The lowest BCUT2D eigenvalue weighted by atomic mass is 10.1. The van der Waals surface area contributed by atoms with Crippen LogP contribution >= 0.6 is 0 Å². The highest BCUT2D eigenvalue weighted by Gasteiger charge is 2.26. The molecule has 2 aromatic carbocycles. The van der Waals surface area contributed by atoms with Gasteiger partial charge < -0.3 is 14.5 Å². The van der Waals surface area contributed by atoms with Crippen molar-refractivity contribution in [1.82, 2.24) is 15.1 Å². The minimum atomic E-state index is 0.0157. The van der Waals surface area contributed by atoms with Gasteiger partial charge in [-0.1, -0.05) is 42.5 Å². The first kappa shape index (κ1) is 19.5. The molecule has 2 heterocycles. The van der Waals surface area contributed by atoms with Crippen LogP contribution in [0.3, 0.4) is 0 Å². The summed E-state index contributed by atoms with van der Waals surface area (Å²) in [5, 5.41) is 8.75. The number of ether oxygens (including phenoxy) is 1. The lowest BCUT2D eigenvalue weighted by Crippen LogP contribution is -2.50. The van der Waals surface area contributed by atoms with Crippen molar-refractivity contribution in [3.05, 3.63) is 72.4 Å². The SMILES string of the molecule is O=C(COc1ccc(-c2ccccc2)cc1)N1CCN(c2ccc(C3CC3)nn2)CC1. The molecule has 1 aliphatic heterocycles. The molecule has 1 aromatic heterocycles. The molecule has 158 valence electrons. The van der Waals surface area contributed by atoms with E-state index < -0.39 is 0 Å². The van der Waals surface area contributed by atoms with Crippen LogP contribution in [0.2, 0.25) is 0 Å². The summed E-state index contributed by atoms with van der Waals surface area (Å²) in [7, 11) is 0. The first-order valence-electron chi connectivity index (χ1n) is 10.9. The quantitative estimate of drug-likeness (QED) is 0.615. The number of amides is 1. The van der Waals surface area contributed by atoms with Crippen LogP contribution in [0.5, 0.6) is 5.75 Å². The molecular formula is C25H26N4O2. The van der Waals surface area contributed by atoms with Crippen LogP contribution in [-0.2, 0) is 4.79 Å². The highest BCUT2D eigenvalue weighted by molar-refractivity contribution is 5.78. The van der Waals surface area contributed by atoms with Gasteiger partial charge in [0, 0.05) is 32.1 Å². The Bertz CT molecular complexity index is 1010. The monoisotopic (exact) mass is 414 g/mol. The smallest absolute Gasteiger partial charge is 0.260 e. The van der Waals surface area contributed by atoms with Crippen molar-refractivity contribution in [2.24, 2.45) is 0 Å². The third-order valence-electron chi connectivity index (χ3n) is 5.95. The average Bonchev–Trinajstić information content (AvgIpc) is 3.69. The molecule has 0 unspecified atom stereocenters. The molecule has 1 amide bonds. The molecule has 0 radical (unpaired) electrons. The van der Waals surface area contributed by atoms with Gasteiger partial charge in [-0.15, -0.1) is 5.10 Å². The molecule has 0 N–H and O–H groups in total. The Morgan fingerprint density at radius 3 is 2.19 bits per heavy atom. The standard InChI is InChI=1S/C25H26N4O2/c30-25(18-31-22-10-8-20(9-11-22)19-4-2-1-3-5-19)29-16-14-28(15-17-29)24-13-12-23(26-27-24)21-6-7-21/h1-5,8-13,21H,6-7,14-18H2. The summed E-state index contributed by atoms with van der Waals surface area (Å²) < 4.78 is 5.74. The van der Waals surface area contributed by atoms with Crippen LogP contribution in [0.1, 0.15) is 24.5 Å². The molecule has 2 aliphatic rings. The molecule has 0 bridgehead atoms. The highest BCUT2D eigenvalue weighted by Crippen LogP contribution is 2.38. The molecule has 5 rings (SSSR count). The van der Waals surface area contributed by atoms with Crippen molar-refractivity contribution < 1.29 is 9.53 Å². The van der Waals surface area contributed by atoms with E-state index in [2.05, 4.69) is 39.4 Å². The number of carbonyl (C=O) groups excluding carboxylic acids is 1. The molecule has 1 aliphatic carbocycles. The maximum Gasteiger partial charge on any atom is 0.260 e. The van der Waals surface area contributed by atoms with Gasteiger partial charge in [0.15, 0.2) is 12.4 Å². The van der Waals surface area contributed by atoms with E-state index in [0.29, 0.717) is 24.8 Å². The third kappa shape index (κ3) is 4.68. The Morgan fingerprint density at radius 1 is 0.839 bits per heavy atom. The fraction of sp³-hybridized carbons (Fsp3) is 0.320. The number of aromatic nitrogens is 2. The molecule has 6 nitrogen and oxygen atoms in total. The lowest BCUT2D eigenvalue weighted by molar-refractivity contribution is -0.133. The number of benzene rings is 2. The summed E-state index contributed by atoms with van der Waals surface area (Å²) in [5.74, 6) is 2.23. The summed E-state index contributed by atoms with van der Waals surface area (Å²) in [4.78, 5) is 16.6. The summed E-state index contributed by atoms with van der Waals surface area (Å²) in [6.07, 6.45) is 2.46. The van der Waals surface area contributed by atoms with Crippen LogP contribution in [0.25, 0.3) is 11.1 Å². The van der Waals surface area contributed by atoms with Crippen molar-refractivity contribution in [3.8, 4) is 16.9 Å². The van der Waals surface area contributed by atoms with Gasteiger partial charge in [0.25, 0.3) is 5.91 Å². The van der Waals surface area contributed by atoms with E-state index >= 15 is 0 Å². The van der Waals surface area contributed by atoms with Crippen LogP contribution in [0.15, 0.2) is 66.7 Å². The largest absolute Gasteiger partial charge is 0.484 e. The van der Waals surface area contributed by atoms with Gasteiger partial charge in [-0.05, 0) is 48.2 Å². The van der Waals surface area contributed by atoms with E-state index in [-0.39, 0.29) is 12.5 Å². The first-order chi connectivity index (χ1) is 15.3. The maximum atomic E-state index is 12.6. The molecule has 0 atom stereocenters. The molecule has 1 saturated carbocycles. The van der Waals surface area contributed by atoms with E-state index in [4.69, 9.17) is 4.74 Å². The fourth-order valence-corrected chi connectivity index (χ4v) is 3.90. The van der Waals surface area contributed by atoms with E-state index in [0.717, 1.165) is 35.7 Å². The van der Waals surface area contributed by atoms with Crippen LogP contribution in [-0.4, -0.2) is 53.8 Å². The number of hydrogen-bond acceptors (Lipinski definition) is 5. The zero-order valence-corrected chi connectivity index (χ0v) is 17.5. The van der Waals surface area contributed by atoms with Crippen molar-refractivity contribution in [2.75, 3.05) is 37.7 Å². The van der Waals surface area contributed by atoms with Gasteiger partial charge in [-0.2, -0.15) is 5.10 Å². The topological polar surface area (TPSA) is 58.6 Å². The van der Waals surface area contributed by atoms with Crippen molar-refractivity contribution >= 4 is 11.7 Å². The molecule has 31 heavy (non-hydrogen) atoms. The highest BCUT2D eigenvalue weighted by atomic mass is 16.5. The minimum absolute atomic E-state index is 0.0157. The minimum Gasteiger partial charge on any atom is -0.484 e. The molecule has 6 heteroatoms. The van der Waals surface area contributed by atoms with Crippen LogP contribution in [0, 0.1) is 0 Å². The van der Waals surface area contributed by atoms with Crippen LogP contribution < -0.4 is 9.64 Å². The van der Waals surface area contributed by atoms with E-state index in [1.54, 1.807) is 0 Å². The van der Waals surface area contributed by atoms with Crippen molar-refractivity contribution in [2.45, 2.75) is 18.8 Å². The van der Waals surface area contributed by atoms with Crippen molar-refractivity contribution in [3.63, 3.8) is 0 Å². The number of rotatable bonds is 6. The Hall–Kier alpha value is -3.41. The third-order valence-corrected chi connectivity index (χ3v) is 5.95. The van der Waals surface area contributed by atoms with E-state index in [1.165, 1.54) is 12.8 Å². The summed E-state index contributed by atoms with van der Waals surface area (Å²) in [5.41, 5.74) is 3.39. The van der Waals surface area contributed by atoms with Gasteiger partial charge in [0.1, 0.15) is 5.75 Å². The summed E-state index contributed by atoms with van der Waals surface area (Å²) in [6.45, 7) is 2.91. The summed E-state index contributed by atoms with van der Waals surface area (Å²) in [6, 6.07) is 22.2. The molecular weight excluding hydrogens is 388 g/mol. The normalized spacial score (nSPS) is 16.3. The molecule has 0 spiro atoms. The van der Waals surface area contributed by atoms with Gasteiger partial charge in [0.05, 0.1) is 5.69 Å². The van der Waals surface area contributed by atoms with Gasteiger partial charge in [-0.25, -0.2) is 0 Å². The Kier molecular flexibility index (Phi) is 5.52. The van der Waals surface area contributed by atoms with Gasteiger partial charge in [0.2, 0.25) is 0 Å². The molecule has 1 saturated heterocycles. The zero-order chi connectivity index (χ0) is 21.0. The zero-order valence-electron chi connectivity index (χ0n) is 17.5. The Labute approximate surface area is 182 Å². The van der Waals surface area contributed by atoms with E-state index in [9.17, 15) is 4.79 Å². The number of carbonyl (C=O) groups is 1. The van der Waals surface area contributed by atoms with Gasteiger partial charge >= 0.3 is 0 Å². The second kappa shape index (κ2) is 8.76. The Morgan fingerprint density at radius 2 is 1.55 bits per heavy atom. The number of anilines is 1. The number of nitrogens with zero attached hydrogens (tertiary/aromatic N) is 4.